The summed E-state index contributed by atoms with van der Waals surface area (Å²) in [4.78, 5) is 27.9. The summed E-state index contributed by atoms with van der Waals surface area (Å²) in [6, 6.07) is 5.81. The first-order valence-electron chi connectivity index (χ1n) is 12.1. The van der Waals surface area contributed by atoms with Crippen LogP contribution in [0.2, 0.25) is 0 Å². The van der Waals surface area contributed by atoms with Crippen LogP contribution in [-0.2, 0) is 9.53 Å². The average Bonchev–Trinajstić information content (AvgIpc) is 3.48. The molecule has 0 saturated carbocycles. The van der Waals surface area contributed by atoms with Crippen LogP contribution in [0.5, 0.6) is 5.75 Å². The Balaban J connectivity index is 0.000000248. The Bertz CT molecular complexity index is 1100. The van der Waals surface area contributed by atoms with Gasteiger partial charge in [0.2, 0.25) is 0 Å². The molecule has 1 saturated heterocycles. The molecule has 3 N–H and O–H groups in total. The van der Waals surface area contributed by atoms with Gasteiger partial charge < -0.3 is 19.9 Å². The summed E-state index contributed by atoms with van der Waals surface area (Å²) in [7, 11) is 0. The van der Waals surface area contributed by atoms with E-state index in [1.54, 1.807) is 30.9 Å². The van der Waals surface area contributed by atoms with Crippen molar-refractivity contribution in [2.75, 3.05) is 0 Å². The van der Waals surface area contributed by atoms with Crippen LogP contribution >= 0.6 is 0 Å². The molecule has 36 heavy (non-hydrogen) atoms. The fraction of sp³-hybridized carbons (Fsp3) is 0.414. The zero-order chi connectivity index (χ0) is 26.9. The van der Waals surface area contributed by atoms with E-state index < -0.39 is 5.97 Å². The summed E-state index contributed by atoms with van der Waals surface area (Å²) in [5.41, 5.74) is 3.01. The molecule has 1 fully saturated rings. The van der Waals surface area contributed by atoms with Gasteiger partial charge in [0.1, 0.15) is 17.1 Å². The number of para-hydroxylation sites is 1. The number of H-pyrrole nitrogens is 1. The number of carbonyl (C=O) groups is 2. The molecule has 2 aromatic rings. The van der Waals surface area contributed by atoms with Crippen molar-refractivity contribution < 1.29 is 24.5 Å². The Morgan fingerprint density at radius 3 is 2.25 bits per heavy atom. The van der Waals surface area contributed by atoms with Crippen LogP contribution in [0.3, 0.4) is 0 Å². The third-order valence-corrected chi connectivity index (χ3v) is 5.94. The van der Waals surface area contributed by atoms with E-state index in [1.165, 1.54) is 23.3 Å². The van der Waals surface area contributed by atoms with Crippen molar-refractivity contribution in [3.63, 3.8) is 0 Å². The number of cyclic esters (lactones) is 1. The number of nitrogens with one attached hydrogen (secondary N) is 1. The minimum atomic E-state index is -1.11. The third-order valence-electron chi connectivity index (χ3n) is 5.94. The lowest BCUT2D eigenvalue weighted by Crippen LogP contribution is -2.25. The fourth-order valence-corrected chi connectivity index (χ4v) is 3.64. The number of aromatic carboxylic acids is 1. The van der Waals surface area contributed by atoms with Gasteiger partial charge in [-0.1, -0.05) is 71.4 Å². The lowest BCUT2D eigenvalue weighted by Gasteiger charge is -2.36. The molecule has 0 spiro atoms. The number of ether oxygens (including phenoxy) is 1. The molecular weight excluding hydrogens is 456 g/mol. The molecule has 0 bridgehead atoms. The van der Waals surface area contributed by atoms with Crippen LogP contribution in [0.15, 0.2) is 78.1 Å². The van der Waals surface area contributed by atoms with Crippen LogP contribution in [0.4, 0.5) is 0 Å². The Hall–Kier alpha value is -3.61. The molecule has 1 aliphatic heterocycles. The van der Waals surface area contributed by atoms with Crippen molar-refractivity contribution in [1.82, 2.24) is 9.97 Å². The zero-order valence-electron chi connectivity index (χ0n) is 22.0. The second-order valence-corrected chi connectivity index (χ2v) is 10.9. The summed E-state index contributed by atoms with van der Waals surface area (Å²) in [6.45, 7) is 13.7. The van der Waals surface area contributed by atoms with Crippen LogP contribution in [-0.4, -0.2) is 32.1 Å². The molecular formula is C29H38N2O5. The molecule has 1 aromatic carbocycles. The number of carboxylic acids is 1. The Kier molecular flexibility index (Phi) is 9.84. The van der Waals surface area contributed by atoms with Gasteiger partial charge in [-0.2, -0.15) is 0 Å². The predicted octanol–water partition coefficient (Wildman–Crippen LogP) is 6.67. The van der Waals surface area contributed by atoms with Crippen molar-refractivity contribution in [2.45, 2.75) is 60.8 Å². The van der Waals surface area contributed by atoms with E-state index in [2.05, 4.69) is 69.7 Å². The normalized spacial score (nSPS) is 18.7. The van der Waals surface area contributed by atoms with E-state index >= 15 is 0 Å². The molecule has 0 amide bonds. The van der Waals surface area contributed by atoms with Crippen molar-refractivity contribution >= 4 is 11.9 Å². The molecule has 1 aromatic heterocycles. The Morgan fingerprint density at radius 2 is 1.83 bits per heavy atom. The number of hydrogen-bond donors (Lipinski definition) is 3. The number of rotatable bonds is 2. The second-order valence-electron chi connectivity index (χ2n) is 10.9. The molecule has 1 aliphatic carbocycles. The first-order chi connectivity index (χ1) is 16.8. The number of benzene rings is 1. The number of imidazole rings is 1. The van der Waals surface area contributed by atoms with E-state index in [9.17, 15) is 9.59 Å². The van der Waals surface area contributed by atoms with Gasteiger partial charge in [-0.15, -0.1) is 0 Å². The number of allylic oxidation sites excluding steroid dienone is 6. The van der Waals surface area contributed by atoms with Gasteiger partial charge in [0, 0.05) is 18.8 Å². The maximum absolute atomic E-state index is 11.2. The molecule has 2 aliphatic rings. The number of carbonyl (C=O) groups excluding carboxylic acids is 1. The van der Waals surface area contributed by atoms with Gasteiger partial charge in [0.25, 0.3) is 0 Å². The highest BCUT2D eigenvalue weighted by Gasteiger charge is 2.30. The molecule has 2 heterocycles. The number of carboxylic acid groups (broad SMARTS) is 1. The third kappa shape index (κ3) is 9.21. The van der Waals surface area contributed by atoms with Crippen molar-refractivity contribution in [2.24, 2.45) is 16.7 Å². The molecule has 1 unspecified atom stereocenters. The molecule has 4 rings (SSSR count). The van der Waals surface area contributed by atoms with Crippen LogP contribution in [0.1, 0.15) is 71.2 Å². The molecule has 7 heteroatoms. The topological polar surface area (TPSA) is 113 Å². The number of nitrogens with zero attached hydrogens (tertiary/aromatic N) is 1. The summed E-state index contributed by atoms with van der Waals surface area (Å²) >= 11 is 0. The largest absolute Gasteiger partial charge is 0.507 e. The number of phenols is 1. The number of esters is 1. The number of hydrogen-bond acceptors (Lipinski definition) is 5. The van der Waals surface area contributed by atoms with Crippen molar-refractivity contribution in [1.29, 1.82) is 0 Å². The predicted molar refractivity (Wildman–Crippen MR) is 140 cm³/mol. The molecule has 7 nitrogen and oxygen atoms in total. The van der Waals surface area contributed by atoms with E-state index in [-0.39, 0.29) is 28.1 Å². The van der Waals surface area contributed by atoms with E-state index in [0.717, 1.165) is 18.6 Å². The van der Waals surface area contributed by atoms with Gasteiger partial charge in [0.05, 0.1) is 12.7 Å². The standard InChI is InChI=1S/C19H28O2.C7H6O3.C3H4N2/c1-18(2,3)14-9-13(10-15(12-14)19(4,5)6)11-16-7-8-17(20)21-16;8-6-4-2-1-3-5(6)7(9)10;1-2-5-3-4-1/h9-11,14H,7-8,12H2,1-6H3;1-4,8H,(H,9,10);1-3H,(H,4,5). The van der Waals surface area contributed by atoms with E-state index in [4.69, 9.17) is 14.9 Å². The van der Waals surface area contributed by atoms with Gasteiger partial charge in [-0.05, 0) is 47.0 Å². The number of aromatic nitrogens is 2. The quantitative estimate of drug-likeness (QED) is 0.402. The summed E-state index contributed by atoms with van der Waals surface area (Å²) in [6.07, 6.45) is 14.1. The Morgan fingerprint density at radius 1 is 1.14 bits per heavy atom. The van der Waals surface area contributed by atoms with Gasteiger partial charge in [-0.3, -0.25) is 4.79 Å². The fourth-order valence-electron chi connectivity index (χ4n) is 3.64. The van der Waals surface area contributed by atoms with Gasteiger partial charge >= 0.3 is 11.9 Å². The SMILES string of the molecule is CC(C)(C)C1=CC(C=C2CCC(=O)O2)=CC(C(C)(C)C)C1.O=C(O)c1ccccc1O.c1c[nH]cn1. The van der Waals surface area contributed by atoms with E-state index in [0.29, 0.717) is 12.3 Å². The summed E-state index contributed by atoms with van der Waals surface area (Å²) in [5.74, 6) is -0.0934. The maximum Gasteiger partial charge on any atom is 0.339 e. The van der Waals surface area contributed by atoms with Gasteiger partial charge in [-0.25, -0.2) is 9.78 Å². The van der Waals surface area contributed by atoms with Crippen LogP contribution < -0.4 is 0 Å². The zero-order valence-corrected chi connectivity index (χ0v) is 22.0. The highest BCUT2D eigenvalue weighted by molar-refractivity contribution is 5.90. The van der Waals surface area contributed by atoms with Crippen molar-refractivity contribution in [3.05, 3.63) is 83.7 Å². The summed E-state index contributed by atoms with van der Waals surface area (Å²) < 4.78 is 5.26. The van der Waals surface area contributed by atoms with Crippen LogP contribution in [0.25, 0.3) is 0 Å². The molecule has 194 valence electrons. The molecule has 0 radical (unpaired) electrons. The monoisotopic (exact) mass is 494 g/mol. The minimum absolute atomic E-state index is 0.0671. The second kappa shape index (κ2) is 12.4. The maximum atomic E-state index is 11.2. The summed E-state index contributed by atoms with van der Waals surface area (Å²) in [5, 5.41) is 17.3. The van der Waals surface area contributed by atoms with Crippen LogP contribution in [0, 0.1) is 16.7 Å². The highest BCUT2D eigenvalue weighted by atomic mass is 16.5. The average molecular weight is 495 g/mol. The number of aromatic amines is 1. The first-order valence-corrected chi connectivity index (χ1v) is 12.1. The lowest BCUT2D eigenvalue weighted by molar-refractivity contribution is -0.135. The van der Waals surface area contributed by atoms with Crippen molar-refractivity contribution in [3.8, 4) is 5.75 Å². The minimum Gasteiger partial charge on any atom is -0.507 e. The highest BCUT2D eigenvalue weighted by Crippen LogP contribution is 2.42. The smallest absolute Gasteiger partial charge is 0.339 e. The van der Waals surface area contributed by atoms with E-state index in [1.807, 2.05) is 0 Å². The number of aromatic hydroxyl groups is 1. The Labute approximate surface area is 213 Å². The molecule has 1 atom stereocenters. The first kappa shape index (κ1) is 28.6. The lowest BCUT2D eigenvalue weighted by atomic mass is 9.69. The van der Waals surface area contributed by atoms with Gasteiger partial charge in [0.15, 0.2) is 0 Å².